The van der Waals surface area contributed by atoms with Crippen LogP contribution in [0.1, 0.15) is 6.42 Å². The maximum atomic E-state index is 9.30. The second kappa shape index (κ2) is 4.54. The second-order valence-electron chi connectivity index (χ2n) is 4.45. The number of methoxy groups -OCH3 is 1. The van der Waals surface area contributed by atoms with Gasteiger partial charge in [-0.25, -0.2) is 0 Å². The van der Waals surface area contributed by atoms with Gasteiger partial charge in [0.05, 0.1) is 18.8 Å². The average molecular weight is 258 g/mol. The molecule has 94 valence electrons. The van der Waals surface area contributed by atoms with E-state index in [1.54, 1.807) is 13.2 Å². The molecule has 5 nitrogen and oxygen atoms in total. The van der Waals surface area contributed by atoms with E-state index in [2.05, 4.69) is 6.30 Å². The van der Waals surface area contributed by atoms with E-state index in [9.17, 15) is 9.79 Å². The molecule has 4 atom stereocenters. The van der Waals surface area contributed by atoms with Crippen LogP contribution in [0.3, 0.4) is 0 Å². The quantitative estimate of drug-likeness (QED) is 0.543. The number of hydrogen-bond acceptors (Lipinski definition) is 5. The number of fused-ring (bicyclic) bond motifs is 3. The fraction of sp³-hybridized carbons (Fsp3) is 0.700. The van der Waals surface area contributed by atoms with Crippen LogP contribution in [0.5, 0.6) is 0 Å². The van der Waals surface area contributed by atoms with Crippen molar-refractivity contribution in [1.29, 1.82) is 0 Å². The third-order valence-corrected chi connectivity index (χ3v) is 3.74. The summed E-state index contributed by atoms with van der Waals surface area (Å²) >= 11 is 0. The molecule has 17 heavy (non-hydrogen) atoms. The van der Waals surface area contributed by atoms with E-state index >= 15 is 0 Å². The topological polar surface area (TPSA) is 68.2 Å². The van der Waals surface area contributed by atoms with Crippen molar-refractivity contribution in [3.63, 3.8) is 0 Å². The lowest BCUT2D eigenvalue weighted by Gasteiger charge is -2.52. The summed E-state index contributed by atoms with van der Waals surface area (Å²) in [5.74, 6) is 1.25. The van der Waals surface area contributed by atoms with Crippen LogP contribution in [-0.4, -0.2) is 61.5 Å². The molecule has 3 fully saturated rings. The Labute approximate surface area is 102 Å². The minimum atomic E-state index is -3.24. The summed E-state index contributed by atoms with van der Waals surface area (Å²) in [6.45, 7) is 0.292. The van der Waals surface area contributed by atoms with Gasteiger partial charge in [0.1, 0.15) is 20.8 Å². The van der Waals surface area contributed by atoms with Gasteiger partial charge in [0.2, 0.25) is 0 Å². The molecule has 0 aromatic rings. The Morgan fingerprint density at radius 1 is 1.59 bits per heavy atom. The molecule has 3 aliphatic rings. The maximum absolute atomic E-state index is 9.30. The number of ether oxygens (including phenoxy) is 3. The highest BCUT2D eigenvalue weighted by Gasteiger charge is 2.51. The molecule has 0 aromatic heterocycles. The van der Waals surface area contributed by atoms with Gasteiger partial charge in [-0.05, 0) is 18.2 Å². The molecule has 0 spiro atoms. The fourth-order valence-electron chi connectivity index (χ4n) is 2.21. The second-order valence-corrected chi connectivity index (χ2v) is 6.32. The van der Waals surface area contributed by atoms with Gasteiger partial charge in [0.25, 0.3) is 0 Å². The minimum absolute atomic E-state index is 0.169. The highest BCUT2D eigenvalue weighted by atomic mass is 31.2. The Kier molecular flexibility index (Phi) is 3.56. The van der Waals surface area contributed by atoms with Gasteiger partial charge in [-0.1, -0.05) is 0 Å². The molecule has 0 amide bonds. The molecular formula is C10H16BO5P. The van der Waals surface area contributed by atoms with Gasteiger partial charge >= 0.3 is 0 Å². The molecule has 3 heterocycles. The molecule has 2 bridgehead atoms. The number of hydrogen-bond donors (Lipinski definition) is 2. The average Bonchev–Trinajstić information content (AvgIpc) is 2.26. The highest BCUT2D eigenvalue weighted by molar-refractivity contribution is 7.65. The molecule has 7 heteroatoms. The lowest BCUT2D eigenvalue weighted by Crippen LogP contribution is -2.64. The number of rotatable bonds is 3. The van der Waals surface area contributed by atoms with Crippen molar-refractivity contribution in [1.82, 2.24) is 0 Å². The third-order valence-electron chi connectivity index (χ3n) is 3.12. The first-order valence-corrected chi connectivity index (χ1v) is 7.28. The zero-order chi connectivity index (χ0) is 12.7. The molecule has 3 aliphatic heterocycles. The van der Waals surface area contributed by atoms with Crippen LogP contribution in [0, 0.1) is 0 Å². The van der Waals surface area contributed by atoms with Crippen LogP contribution >= 0.6 is 7.34 Å². The van der Waals surface area contributed by atoms with Gasteiger partial charge < -0.3 is 24.0 Å². The Morgan fingerprint density at radius 2 is 2.29 bits per heavy atom. The summed E-state index contributed by atoms with van der Waals surface area (Å²) in [4.78, 5) is 18.6. The lowest BCUT2D eigenvalue weighted by molar-refractivity contribution is -0.273. The van der Waals surface area contributed by atoms with Gasteiger partial charge in [-0.2, -0.15) is 0 Å². The zero-order valence-electron chi connectivity index (χ0n) is 9.65. The summed E-state index contributed by atoms with van der Waals surface area (Å²) in [5.41, 5.74) is -0.850. The maximum Gasteiger partial charge on any atom is 0.135 e. The summed E-state index contributed by atoms with van der Waals surface area (Å²) in [5, 5.41) is 0. The van der Waals surface area contributed by atoms with Crippen LogP contribution in [0.25, 0.3) is 0 Å². The Morgan fingerprint density at radius 3 is 2.82 bits per heavy atom. The molecule has 3 saturated heterocycles. The predicted octanol–water partition coefficient (Wildman–Crippen LogP) is -0.168. The van der Waals surface area contributed by atoms with Crippen LogP contribution in [0.15, 0.2) is 11.9 Å². The summed E-state index contributed by atoms with van der Waals surface area (Å²) in [6, 6.07) is -0.519. The first-order chi connectivity index (χ1) is 7.86. The van der Waals surface area contributed by atoms with Crippen molar-refractivity contribution in [2.45, 2.75) is 30.2 Å². The molecule has 0 aliphatic carbocycles. The van der Waals surface area contributed by atoms with Crippen molar-refractivity contribution < 1.29 is 24.0 Å². The van der Waals surface area contributed by atoms with Crippen molar-refractivity contribution >= 4 is 21.5 Å². The first kappa shape index (κ1) is 13.3. The molecule has 1 unspecified atom stereocenters. The van der Waals surface area contributed by atoms with Crippen LogP contribution in [0.4, 0.5) is 0 Å². The van der Waals surface area contributed by atoms with Crippen molar-refractivity contribution in [2.75, 3.05) is 13.7 Å². The standard InChI is InChI=1S/C10H16BO5P/c1-14-8-5-7-9(11)16-10(8,6-15-7)3-4-17(2,12)13/h3-4,7-9,12-13H,2,5-6H2,1H3/b4-3+/t7-,8+,9?,10+/m1/s1. The monoisotopic (exact) mass is 258 g/mol. The predicted molar refractivity (Wildman–Crippen MR) is 66.1 cm³/mol. The first-order valence-electron chi connectivity index (χ1n) is 5.33. The SMILES string of the molecule is [B]C1O[C@@]2(/C=C/P(=C)(O)O)CO[C@@H]1C[C@@H]2OC. The van der Waals surface area contributed by atoms with Gasteiger partial charge in [0.15, 0.2) is 0 Å². The molecule has 3 rings (SSSR count). The highest BCUT2D eigenvalue weighted by Crippen LogP contribution is 2.42. The molecular weight excluding hydrogens is 242 g/mol. The zero-order valence-corrected chi connectivity index (χ0v) is 10.5. The fourth-order valence-corrected chi connectivity index (χ4v) is 2.70. The Hall–Kier alpha value is -0.0951. The van der Waals surface area contributed by atoms with E-state index in [-0.39, 0.29) is 12.2 Å². The minimum Gasteiger partial charge on any atom is -0.378 e. The van der Waals surface area contributed by atoms with Crippen LogP contribution in [0.2, 0.25) is 0 Å². The van der Waals surface area contributed by atoms with Crippen molar-refractivity contribution in [3.8, 4) is 0 Å². The van der Waals surface area contributed by atoms with E-state index in [1.165, 1.54) is 5.82 Å². The van der Waals surface area contributed by atoms with Gasteiger partial charge in [0, 0.05) is 19.5 Å². The van der Waals surface area contributed by atoms with E-state index in [0.717, 1.165) is 0 Å². The lowest BCUT2D eigenvalue weighted by atomic mass is 9.78. The summed E-state index contributed by atoms with van der Waals surface area (Å²) in [6.07, 6.45) is 5.08. The van der Waals surface area contributed by atoms with E-state index in [0.29, 0.717) is 13.0 Å². The van der Waals surface area contributed by atoms with Crippen molar-refractivity contribution in [3.05, 3.63) is 11.9 Å². The third kappa shape index (κ3) is 2.68. The van der Waals surface area contributed by atoms with E-state index in [4.69, 9.17) is 22.1 Å². The normalized spacial score (nSPS) is 42.2. The molecule has 0 saturated carbocycles. The van der Waals surface area contributed by atoms with Crippen molar-refractivity contribution in [2.24, 2.45) is 0 Å². The van der Waals surface area contributed by atoms with E-state index in [1.807, 2.05) is 0 Å². The van der Waals surface area contributed by atoms with Crippen LogP contribution in [-0.2, 0) is 14.2 Å². The Bertz CT molecular complexity index is 368. The molecule has 0 aromatic carbocycles. The van der Waals surface area contributed by atoms with E-state index < -0.39 is 18.9 Å². The summed E-state index contributed by atoms with van der Waals surface area (Å²) in [7, 11) is 4.14. The van der Waals surface area contributed by atoms with Crippen LogP contribution < -0.4 is 0 Å². The Balaban J connectivity index is 2.25. The summed E-state index contributed by atoms with van der Waals surface area (Å²) < 4.78 is 16.6. The van der Waals surface area contributed by atoms with Gasteiger partial charge in [-0.3, -0.25) is 0 Å². The van der Waals surface area contributed by atoms with Gasteiger partial charge in [-0.15, -0.1) is 0 Å². The largest absolute Gasteiger partial charge is 0.378 e. The smallest absolute Gasteiger partial charge is 0.135 e. The molecule has 2 radical (unpaired) electrons. The molecule has 2 N–H and O–H groups in total.